The predicted molar refractivity (Wildman–Crippen MR) is 318 cm³/mol. The summed E-state index contributed by atoms with van der Waals surface area (Å²) in [6.45, 7) is 18.0. The van der Waals surface area contributed by atoms with Crippen LogP contribution in [0.3, 0.4) is 0 Å². The lowest BCUT2D eigenvalue weighted by Crippen LogP contribution is -2.29. The molecule has 0 saturated heterocycles. The summed E-state index contributed by atoms with van der Waals surface area (Å²) in [5.74, 6) is 1.72. The molecule has 5 heteroatoms. The molecule has 0 unspecified atom stereocenters. The lowest BCUT2D eigenvalue weighted by Gasteiger charge is -2.36. The number of benzene rings is 8. The van der Waals surface area contributed by atoms with E-state index in [0.29, 0.717) is 0 Å². The van der Waals surface area contributed by atoms with Crippen molar-refractivity contribution in [2.24, 2.45) is 5.41 Å². The number of fused-ring (bicyclic) bond motifs is 12. The molecule has 2 aliphatic carbocycles. The standard InChI is InChI=1S/C71H62N4O/c1-45-27-39-62(72-43-45)74(51-33-29-47(30-34-51)69(3,4)5)53-37-38-56-58(41-53)54-23-15-16-24-55(54)64-66-59(71(67(56)64,49-19-11-9-12-20-49)50-21-13-10-14-22-50)42-60(68-65(66)57-25-17-18-26-61(57)76-68)75(63-40-28-46(2)44-73-63)52-35-31-48(32-36-52)70(6,7)8/h9-31,33-35,37-44H,32,36H2,1-8H3. The van der Waals surface area contributed by atoms with Gasteiger partial charge >= 0.3 is 0 Å². The van der Waals surface area contributed by atoms with Crippen molar-refractivity contribution >= 4 is 72.2 Å². The van der Waals surface area contributed by atoms with Crippen LogP contribution in [0.25, 0.3) is 54.6 Å². The van der Waals surface area contributed by atoms with Crippen molar-refractivity contribution in [3.05, 3.63) is 257 Å². The zero-order valence-corrected chi connectivity index (χ0v) is 44.7. The highest BCUT2D eigenvalue weighted by Crippen LogP contribution is 2.64. The van der Waals surface area contributed by atoms with Crippen molar-refractivity contribution in [2.75, 3.05) is 9.80 Å². The van der Waals surface area contributed by atoms with Crippen LogP contribution in [0.2, 0.25) is 0 Å². The molecule has 13 rings (SSSR count). The van der Waals surface area contributed by atoms with Crippen molar-refractivity contribution in [1.29, 1.82) is 0 Å². The molecule has 0 bridgehead atoms. The number of nitrogens with zero attached hydrogens (tertiary/aromatic N) is 4. The van der Waals surface area contributed by atoms with E-state index in [2.05, 4.69) is 259 Å². The molecule has 0 fully saturated rings. The number of allylic oxidation sites excluding steroid dienone is 4. The number of aryl methyl sites for hydroxylation is 2. The van der Waals surface area contributed by atoms with E-state index in [1.807, 2.05) is 12.4 Å². The Kier molecular flexibility index (Phi) is 11.1. The van der Waals surface area contributed by atoms with Gasteiger partial charge in [-0.2, -0.15) is 0 Å². The summed E-state index contributed by atoms with van der Waals surface area (Å²) in [6, 6.07) is 67.4. The molecule has 0 N–H and O–H groups in total. The van der Waals surface area contributed by atoms with Gasteiger partial charge in [-0.05, 0) is 164 Å². The molecule has 3 aromatic heterocycles. The van der Waals surface area contributed by atoms with E-state index in [9.17, 15) is 0 Å². The van der Waals surface area contributed by atoms with Gasteiger partial charge in [-0.3, -0.25) is 9.80 Å². The molecule has 76 heavy (non-hydrogen) atoms. The average Bonchev–Trinajstić information content (AvgIpc) is 4.13. The van der Waals surface area contributed by atoms with E-state index < -0.39 is 5.41 Å². The van der Waals surface area contributed by atoms with Crippen molar-refractivity contribution in [3.8, 4) is 11.1 Å². The number of para-hydroxylation sites is 1. The fourth-order valence-electron chi connectivity index (χ4n) is 12.4. The normalized spacial score (nSPS) is 14.2. The SMILES string of the molecule is Cc1ccc(N(C2=CC=C(C(C)(C)C)CC2)c2cc3c(c4c2oc2ccccc24)-c2c(c4ccc(N(c5ccc(C(C)(C)C)cc5)c5ccc(C)cn5)cc4c4ccccc24)C3(c2ccccc2)c2ccccc2)nc1. The van der Waals surface area contributed by atoms with Gasteiger partial charge in [0, 0.05) is 40.2 Å². The highest BCUT2D eigenvalue weighted by atomic mass is 16.3. The molecule has 372 valence electrons. The zero-order chi connectivity index (χ0) is 52.1. The van der Waals surface area contributed by atoms with Crippen LogP contribution in [0.5, 0.6) is 0 Å². The van der Waals surface area contributed by atoms with Gasteiger partial charge in [0.2, 0.25) is 0 Å². The first-order chi connectivity index (χ1) is 36.8. The summed E-state index contributed by atoms with van der Waals surface area (Å²) in [5, 5.41) is 6.93. The van der Waals surface area contributed by atoms with Crippen LogP contribution in [0, 0.1) is 19.3 Å². The lowest BCUT2D eigenvalue weighted by atomic mass is 9.66. The van der Waals surface area contributed by atoms with E-state index in [1.165, 1.54) is 71.8 Å². The van der Waals surface area contributed by atoms with Crippen molar-refractivity contribution in [3.63, 3.8) is 0 Å². The fraction of sp³-hybridized carbons (Fsp3) is 0.183. The molecular weight excluding hydrogens is 925 g/mol. The zero-order valence-electron chi connectivity index (χ0n) is 44.7. The topological polar surface area (TPSA) is 45.4 Å². The van der Waals surface area contributed by atoms with Gasteiger partial charge in [-0.25, -0.2) is 9.97 Å². The molecule has 0 atom stereocenters. The first-order valence-electron chi connectivity index (χ1n) is 26.8. The maximum atomic E-state index is 7.33. The minimum absolute atomic E-state index is 0.0148. The third-order valence-electron chi connectivity index (χ3n) is 16.2. The quantitative estimate of drug-likeness (QED) is 0.142. The second-order valence-corrected chi connectivity index (χ2v) is 23.1. The number of pyridine rings is 2. The molecule has 0 radical (unpaired) electrons. The van der Waals surface area contributed by atoms with E-state index in [0.717, 1.165) is 74.6 Å². The Bertz CT molecular complexity index is 4080. The number of hydrogen-bond acceptors (Lipinski definition) is 5. The molecular formula is C71H62N4O. The molecule has 0 saturated carbocycles. The monoisotopic (exact) mass is 986 g/mol. The van der Waals surface area contributed by atoms with Crippen LogP contribution in [0.15, 0.2) is 222 Å². The van der Waals surface area contributed by atoms with E-state index >= 15 is 0 Å². The summed E-state index contributed by atoms with van der Waals surface area (Å²) in [5.41, 5.74) is 17.4. The van der Waals surface area contributed by atoms with Crippen molar-refractivity contribution < 1.29 is 4.42 Å². The largest absolute Gasteiger partial charge is 0.454 e. The lowest BCUT2D eigenvalue weighted by molar-refractivity contribution is 0.479. The first-order valence-corrected chi connectivity index (χ1v) is 26.8. The van der Waals surface area contributed by atoms with Gasteiger partial charge in [-0.1, -0.05) is 187 Å². The Hall–Kier alpha value is -8.54. The Balaban J connectivity index is 1.18. The summed E-state index contributed by atoms with van der Waals surface area (Å²) < 4.78 is 7.33. The predicted octanol–water partition coefficient (Wildman–Crippen LogP) is 19.2. The van der Waals surface area contributed by atoms with Crippen LogP contribution in [-0.2, 0) is 10.8 Å². The van der Waals surface area contributed by atoms with Gasteiger partial charge in [0.15, 0.2) is 5.58 Å². The summed E-state index contributed by atoms with van der Waals surface area (Å²) in [6.07, 6.45) is 10.4. The number of anilines is 5. The van der Waals surface area contributed by atoms with Gasteiger partial charge in [0.05, 0.1) is 11.1 Å². The fourth-order valence-corrected chi connectivity index (χ4v) is 12.4. The van der Waals surface area contributed by atoms with Gasteiger partial charge in [0.1, 0.15) is 17.2 Å². The molecule has 2 aliphatic rings. The molecule has 5 nitrogen and oxygen atoms in total. The van der Waals surface area contributed by atoms with Crippen LogP contribution in [-0.4, -0.2) is 9.97 Å². The number of rotatable bonds is 8. The second kappa shape index (κ2) is 17.8. The Morgan fingerprint density at radius 1 is 0.487 bits per heavy atom. The third-order valence-corrected chi connectivity index (χ3v) is 16.2. The molecule has 3 heterocycles. The molecule has 11 aromatic rings. The Labute approximate surface area is 446 Å². The van der Waals surface area contributed by atoms with Crippen LogP contribution in [0.4, 0.5) is 28.7 Å². The molecule has 0 aliphatic heterocycles. The minimum atomic E-state index is -0.800. The third kappa shape index (κ3) is 7.50. The highest BCUT2D eigenvalue weighted by molar-refractivity contribution is 6.27. The van der Waals surface area contributed by atoms with Gasteiger partial charge in [0.25, 0.3) is 0 Å². The van der Waals surface area contributed by atoms with Crippen LogP contribution < -0.4 is 9.80 Å². The molecule has 8 aromatic carbocycles. The molecule has 0 amide bonds. The van der Waals surface area contributed by atoms with E-state index in [1.54, 1.807) is 0 Å². The van der Waals surface area contributed by atoms with Crippen molar-refractivity contribution in [1.82, 2.24) is 9.97 Å². The summed E-state index contributed by atoms with van der Waals surface area (Å²) in [4.78, 5) is 15.0. The number of hydrogen-bond donors (Lipinski definition) is 0. The first kappa shape index (κ1) is 47.2. The van der Waals surface area contributed by atoms with E-state index in [4.69, 9.17) is 14.4 Å². The summed E-state index contributed by atoms with van der Waals surface area (Å²) in [7, 11) is 0. The number of aromatic nitrogens is 2. The summed E-state index contributed by atoms with van der Waals surface area (Å²) >= 11 is 0. The maximum Gasteiger partial charge on any atom is 0.160 e. The second-order valence-electron chi connectivity index (χ2n) is 23.1. The van der Waals surface area contributed by atoms with Crippen LogP contribution in [0.1, 0.15) is 93.3 Å². The maximum absolute atomic E-state index is 7.33. The van der Waals surface area contributed by atoms with Gasteiger partial charge in [-0.15, -0.1) is 0 Å². The smallest absolute Gasteiger partial charge is 0.160 e. The van der Waals surface area contributed by atoms with E-state index in [-0.39, 0.29) is 10.8 Å². The highest BCUT2D eigenvalue weighted by Gasteiger charge is 2.50. The Morgan fingerprint density at radius 3 is 1.67 bits per heavy atom. The molecule has 0 spiro atoms. The Morgan fingerprint density at radius 2 is 1.08 bits per heavy atom. The minimum Gasteiger partial charge on any atom is -0.454 e. The average molecular weight is 987 g/mol. The number of furan rings is 1. The van der Waals surface area contributed by atoms with Crippen molar-refractivity contribution in [2.45, 2.75) is 79.1 Å². The van der Waals surface area contributed by atoms with Crippen LogP contribution >= 0.6 is 0 Å². The van der Waals surface area contributed by atoms with Gasteiger partial charge < -0.3 is 4.42 Å².